The summed E-state index contributed by atoms with van der Waals surface area (Å²) in [6.45, 7) is 14.4. The third-order valence-electron chi connectivity index (χ3n) is 6.96. The summed E-state index contributed by atoms with van der Waals surface area (Å²) in [6, 6.07) is 0. The van der Waals surface area contributed by atoms with Gasteiger partial charge in [0.15, 0.2) is 5.11 Å². The smallest absolute Gasteiger partial charge is 0.196 e. The van der Waals surface area contributed by atoms with Crippen molar-refractivity contribution in [2.75, 3.05) is 39.3 Å². The van der Waals surface area contributed by atoms with E-state index in [1.165, 1.54) is 103 Å². The van der Waals surface area contributed by atoms with E-state index in [0.717, 1.165) is 18.2 Å². The Bertz CT molecular complexity index is 538. The van der Waals surface area contributed by atoms with Crippen LogP contribution in [0, 0.1) is 0 Å². The number of likely N-dealkylation sites (tertiary alicyclic amines) is 1. The number of hydrogen-bond donors (Lipinski definition) is 0. The predicted molar refractivity (Wildman–Crippen MR) is 132 cm³/mol. The molecule has 0 amide bonds. The molecule has 0 radical (unpaired) electrons. The molecule has 3 saturated heterocycles. The van der Waals surface area contributed by atoms with E-state index < -0.39 is 7.36 Å². The van der Waals surface area contributed by atoms with Gasteiger partial charge in [0.2, 0.25) is 0 Å². The van der Waals surface area contributed by atoms with Crippen molar-refractivity contribution in [3.8, 4) is 0 Å². The highest BCUT2D eigenvalue weighted by atomic mass is 32.1. The van der Waals surface area contributed by atoms with Crippen molar-refractivity contribution in [1.82, 2.24) is 14.2 Å². The molecule has 6 heteroatoms. The average molecular weight is 441 g/mol. The van der Waals surface area contributed by atoms with Crippen LogP contribution in [0.2, 0.25) is 0 Å². The van der Waals surface area contributed by atoms with E-state index >= 15 is 0 Å². The highest BCUT2D eigenvalue weighted by molar-refractivity contribution is 7.81. The van der Waals surface area contributed by atoms with Crippen LogP contribution < -0.4 is 0 Å². The van der Waals surface area contributed by atoms with Crippen LogP contribution in [0.5, 0.6) is 0 Å². The molecule has 4 nitrogen and oxygen atoms in total. The Morgan fingerprint density at radius 2 is 0.966 bits per heavy atom. The standard InChI is InChI=1S/C23H45N4PS/c1-23(2,3)28(26-18-12-6-7-13-19-26,27-20-14-8-9-15-21-27)24-22(29)25-16-10-4-5-11-17-25/h4-21H2,1-3H3. The lowest BCUT2D eigenvalue weighted by Crippen LogP contribution is -2.43. The van der Waals surface area contributed by atoms with Crippen molar-refractivity contribution in [3.63, 3.8) is 0 Å². The normalized spacial score (nSPS) is 24.4. The minimum atomic E-state index is -1.91. The Morgan fingerprint density at radius 1 is 0.621 bits per heavy atom. The quantitative estimate of drug-likeness (QED) is 0.351. The van der Waals surface area contributed by atoms with Gasteiger partial charge in [-0.25, -0.2) is 4.74 Å². The summed E-state index contributed by atoms with van der Waals surface area (Å²) in [4.78, 5) is 2.44. The zero-order chi connectivity index (χ0) is 20.7. The molecule has 0 bridgehead atoms. The molecule has 0 N–H and O–H groups in total. The molecule has 0 aromatic heterocycles. The number of hydrogen-bond acceptors (Lipinski definition) is 1. The van der Waals surface area contributed by atoms with E-state index in [2.05, 4.69) is 35.0 Å². The molecule has 3 fully saturated rings. The van der Waals surface area contributed by atoms with Crippen molar-refractivity contribution in [1.29, 1.82) is 0 Å². The van der Waals surface area contributed by atoms with Crippen LogP contribution in [-0.4, -0.2) is 63.8 Å². The zero-order valence-corrected chi connectivity index (χ0v) is 21.1. The second-order valence-corrected chi connectivity index (χ2v) is 14.4. The summed E-state index contributed by atoms with van der Waals surface area (Å²) in [5, 5.41) is 1.04. The largest absolute Gasteiger partial charge is 0.347 e. The van der Waals surface area contributed by atoms with Gasteiger partial charge in [-0.05, 0) is 50.7 Å². The van der Waals surface area contributed by atoms with Gasteiger partial charge in [0.25, 0.3) is 0 Å². The van der Waals surface area contributed by atoms with Gasteiger partial charge in [0.1, 0.15) is 7.36 Å². The molecule has 0 aromatic rings. The van der Waals surface area contributed by atoms with Gasteiger partial charge in [0.05, 0.1) is 0 Å². The Balaban J connectivity index is 2.04. The van der Waals surface area contributed by atoms with Crippen LogP contribution in [0.15, 0.2) is 4.74 Å². The highest BCUT2D eigenvalue weighted by Gasteiger charge is 2.45. The lowest BCUT2D eigenvalue weighted by Gasteiger charge is -2.51. The fourth-order valence-electron chi connectivity index (χ4n) is 5.41. The molecule has 3 heterocycles. The monoisotopic (exact) mass is 440 g/mol. The van der Waals surface area contributed by atoms with Crippen LogP contribution in [0.25, 0.3) is 0 Å². The van der Waals surface area contributed by atoms with Crippen molar-refractivity contribution >= 4 is 24.7 Å². The maximum Gasteiger partial charge on any atom is 0.196 e. The van der Waals surface area contributed by atoms with E-state index in [1.54, 1.807) is 0 Å². The topological polar surface area (TPSA) is 22.1 Å². The van der Waals surface area contributed by atoms with E-state index in [1.807, 2.05) is 0 Å². The highest BCUT2D eigenvalue weighted by Crippen LogP contribution is 2.67. The first-order valence-corrected chi connectivity index (χ1v) is 14.4. The first kappa shape index (κ1) is 23.7. The maximum absolute atomic E-state index is 6.09. The molecule has 0 spiro atoms. The van der Waals surface area contributed by atoms with E-state index in [9.17, 15) is 0 Å². The van der Waals surface area contributed by atoms with Crippen LogP contribution in [0.1, 0.15) is 97.8 Å². The van der Waals surface area contributed by atoms with Crippen LogP contribution in [-0.2, 0) is 0 Å². The third kappa shape index (κ3) is 5.84. The van der Waals surface area contributed by atoms with Crippen LogP contribution >= 0.6 is 19.6 Å². The average Bonchev–Trinajstić information content (AvgIpc) is 3.21. The van der Waals surface area contributed by atoms with Crippen molar-refractivity contribution in [3.05, 3.63) is 0 Å². The number of nitrogens with zero attached hydrogens (tertiary/aromatic N) is 4. The lowest BCUT2D eigenvalue weighted by atomic mass is 10.2. The molecule has 0 aromatic carbocycles. The summed E-state index contributed by atoms with van der Waals surface area (Å²) >= 11 is 6.09. The van der Waals surface area contributed by atoms with Gasteiger partial charge in [-0.3, -0.25) is 9.34 Å². The third-order valence-corrected chi connectivity index (χ3v) is 12.1. The Kier molecular flexibility index (Phi) is 9.04. The summed E-state index contributed by atoms with van der Waals surface area (Å²) in [5.74, 6) is 0. The van der Waals surface area contributed by atoms with Crippen molar-refractivity contribution in [2.24, 2.45) is 4.74 Å². The molecule has 0 atom stereocenters. The fraction of sp³-hybridized carbons (Fsp3) is 0.957. The molecule has 29 heavy (non-hydrogen) atoms. The van der Waals surface area contributed by atoms with Gasteiger partial charge in [-0.1, -0.05) is 59.3 Å². The first-order chi connectivity index (χ1) is 13.9. The van der Waals surface area contributed by atoms with Crippen LogP contribution in [0.4, 0.5) is 0 Å². The van der Waals surface area contributed by atoms with Gasteiger partial charge in [-0.15, -0.1) is 0 Å². The Labute approximate surface area is 185 Å². The number of rotatable bonds is 2. The minimum Gasteiger partial charge on any atom is -0.347 e. The van der Waals surface area contributed by atoms with Gasteiger partial charge < -0.3 is 4.90 Å². The second-order valence-electron chi connectivity index (χ2n) is 10.3. The zero-order valence-electron chi connectivity index (χ0n) is 19.4. The van der Waals surface area contributed by atoms with Gasteiger partial charge in [0, 0.05) is 44.4 Å². The molecular weight excluding hydrogens is 395 g/mol. The molecule has 3 aliphatic heterocycles. The summed E-state index contributed by atoms with van der Waals surface area (Å²) in [5.41, 5.74) is 0. The Hall–Kier alpha value is 0.0400. The van der Waals surface area contributed by atoms with E-state index in [4.69, 9.17) is 17.0 Å². The summed E-state index contributed by atoms with van der Waals surface area (Å²) in [6.07, 6.45) is 16.0. The van der Waals surface area contributed by atoms with Gasteiger partial charge >= 0.3 is 0 Å². The summed E-state index contributed by atoms with van der Waals surface area (Å²) < 4.78 is 11.4. The van der Waals surface area contributed by atoms with E-state index in [0.29, 0.717) is 0 Å². The fourth-order valence-corrected chi connectivity index (χ4v) is 10.6. The van der Waals surface area contributed by atoms with Crippen molar-refractivity contribution in [2.45, 2.75) is 103 Å². The number of thiocarbonyl (C=S) groups is 1. The SMILES string of the molecule is CC(C)(C)P(=NC(=S)N1CCCCCC1)(N1CCCCCC1)N1CCCCCC1. The maximum atomic E-state index is 6.09. The molecule has 0 aliphatic carbocycles. The first-order valence-electron chi connectivity index (χ1n) is 12.4. The molecule has 168 valence electrons. The van der Waals surface area contributed by atoms with E-state index in [-0.39, 0.29) is 5.16 Å². The molecule has 3 aliphatic rings. The van der Waals surface area contributed by atoms with Gasteiger partial charge in [-0.2, -0.15) is 0 Å². The van der Waals surface area contributed by atoms with Crippen molar-refractivity contribution < 1.29 is 0 Å². The molecule has 3 rings (SSSR count). The summed E-state index contributed by atoms with van der Waals surface area (Å²) in [7, 11) is -1.91. The predicted octanol–water partition coefficient (Wildman–Crippen LogP) is 6.73. The van der Waals surface area contributed by atoms with Crippen LogP contribution in [0.3, 0.4) is 0 Å². The Morgan fingerprint density at radius 3 is 1.31 bits per heavy atom. The molecule has 0 unspecified atom stereocenters. The molecular formula is C23H45N4PS. The second kappa shape index (κ2) is 11.1. The minimum absolute atomic E-state index is 0.123. The molecule has 0 saturated carbocycles. The lowest BCUT2D eigenvalue weighted by molar-refractivity contribution is 0.367.